The van der Waals surface area contributed by atoms with Crippen LogP contribution in [0.5, 0.6) is 0 Å². The Morgan fingerprint density at radius 2 is 1.63 bits per heavy atom. The number of rotatable bonds is 10. The predicted octanol–water partition coefficient (Wildman–Crippen LogP) is 8.33. The van der Waals surface area contributed by atoms with E-state index in [2.05, 4.69) is 5.32 Å². The van der Waals surface area contributed by atoms with Crippen LogP contribution in [0.1, 0.15) is 66.6 Å². The van der Waals surface area contributed by atoms with Crippen molar-refractivity contribution in [1.29, 1.82) is 0 Å². The Bertz CT molecular complexity index is 1820. The van der Waals surface area contributed by atoms with Gasteiger partial charge in [0.15, 0.2) is 0 Å². The molecule has 0 fully saturated rings. The second kappa shape index (κ2) is 13.0. The number of fused-ring (bicyclic) bond motifs is 1. The molecule has 0 radical (unpaired) electrons. The third-order valence-electron chi connectivity index (χ3n) is 8.41. The number of carboxylic acid groups (broad SMARTS) is 1. The summed E-state index contributed by atoms with van der Waals surface area (Å²) in [6.07, 6.45) is -5.07. The fourth-order valence-electron chi connectivity index (χ4n) is 6.30. The van der Waals surface area contributed by atoms with Crippen LogP contribution in [0, 0.1) is 18.6 Å². The van der Waals surface area contributed by atoms with Gasteiger partial charge in [-0.05, 0) is 68.6 Å². The third kappa shape index (κ3) is 6.48. The van der Waals surface area contributed by atoms with E-state index < -0.39 is 63.7 Å². The molecule has 0 saturated carbocycles. The average Bonchev–Trinajstić information content (AvgIpc) is 3.27. The molecule has 242 valence electrons. The number of aliphatic carboxylic acids is 1. The van der Waals surface area contributed by atoms with Crippen LogP contribution < -0.4 is 10.9 Å². The van der Waals surface area contributed by atoms with E-state index in [1.54, 1.807) is 13.0 Å². The highest BCUT2D eigenvalue weighted by molar-refractivity contribution is 8.00. The summed E-state index contributed by atoms with van der Waals surface area (Å²) in [4.78, 5) is 25.8. The lowest BCUT2D eigenvalue weighted by Crippen LogP contribution is -2.42. The normalized spacial score (nSPS) is 16.3. The zero-order chi connectivity index (χ0) is 33.4. The highest BCUT2D eigenvalue weighted by Crippen LogP contribution is 2.55. The monoisotopic (exact) mass is 656 g/mol. The van der Waals surface area contributed by atoms with Crippen LogP contribution in [-0.4, -0.2) is 26.9 Å². The van der Waals surface area contributed by atoms with Crippen molar-refractivity contribution >= 4 is 17.7 Å². The molecule has 2 N–H and O–H groups in total. The Balaban J connectivity index is 1.79. The molecule has 5 rings (SSSR count). The Morgan fingerprint density at radius 1 is 0.978 bits per heavy atom. The molecule has 2 heterocycles. The average molecular weight is 657 g/mol. The molecule has 0 amide bonds. The number of alkyl halides is 3. The molecule has 2 atom stereocenters. The Hall–Kier alpha value is -3.96. The number of halogens is 5. The standard InChI is InChI=1S/C35H33F5N2O3S/c1-20-23(19-24-25(35(38,39)40)14-9-16-27(24)37)33-42(32(45)29(20)22-13-7-8-15-26(22)36)31(34(2,3)46-33)30(21-11-5-4-6-12-21)41-18-10-17-28(43)44/h4-9,11-16,30-31,41H,10,17-19H2,1-3H3,(H,43,44). The maximum absolute atomic E-state index is 15.4. The first-order chi connectivity index (χ1) is 21.7. The van der Waals surface area contributed by atoms with E-state index in [-0.39, 0.29) is 23.1 Å². The summed E-state index contributed by atoms with van der Waals surface area (Å²) in [7, 11) is 0. The molecule has 4 aromatic rings. The minimum absolute atomic E-state index is 0.00902. The Kier molecular flexibility index (Phi) is 9.47. The first-order valence-corrected chi connectivity index (χ1v) is 15.6. The summed E-state index contributed by atoms with van der Waals surface area (Å²) in [6, 6.07) is 16.6. The van der Waals surface area contributed by atoms with Gasteiger partial charge >= 0.3 is 12.1 Å². The first-order valence-electron chi connectivity index (χ1n) is 14.8. The highest BCUT2D eigenvalue weighted by atomic mass is 32.2. The van der Waals surface area contributed by atoms with Gasteiger partial charge in [0.2, 0.25) is 0 Å². The lowest BCUT2D eigenvalue weighted by Gasteiger charge is -2.35. The van der Waals surface area contributed by atoms with Gasteiger partial charge in [0.1, 0.15) is 11.6 Å². The van der Waals surface area contributed by atoms with Crippen molar-refractivity contribution < 1.29 is 31.9 Å². The van der Waals surface area contributed by atoms with Crippen LogP contribution in [0.4, 0.5) is 22.0 Å². The number of hydrogen-bond donors (Lipinski definition) is 2. The summed E-state index contributed by atoms with van der Waals surface area (Å²) in [5.41, 5.74) is -0.855. The van der Waals surface area contributed by atoms with Gasteiger partial charge in [-0.3, -0.25) is 14.2 Å². The van der Waals surface area contributed by atoms with Crippen LogP contribution in [0.3, 0.4) is 0 Å². The van der Waals surface area contributed by atoms with E-state index in [1.165, 1.54) is 34.5 Å². The van der Waals surface area contributed by atoms with Crippen molar-refractivity contribution in [2.24, 2.45) is 0 Å². The molecule has 0 saturated heterocycles. The number of benzene rings is 3. The van der Waals surface area contributed by atoms with Crippen molar-refractivity contribution in [1.82, 2.24) is 9.88 Å². The number of thioether (sulfide) groups is 1. The number of carboxylic acids is 1. The SMILES string of the molecule is Cc1c(Cc2c(F)cccc2C(F)(F)F)c2n(c(=O)c1-c1ccccc1F)C(C(NCCCC(=O)O)c1ccccc1)C(C)(C)S2. The fourth-order valence-corrected chi connectivity index (χ4v) is 7.81. The molecule has 0 spiro atoms. The molecule has 5 nitrogen and oxygen atoms in total. The van der Waals surface area contributed by atoms with Crippen LogP contribution in [-0.2, 0) is 17.4 Å². The smallest absolute Gasteiger partial charge is 0.416 e. The van der Waals surface area contributed by atoms with E-state index in [4.69, 9.17) is 0 Å². The molecular weight excluding hydrogens is 623 g/mol. The van der Waals surface area contributed by atoms with Crippen LogP contribution in [0.15, 0.2) is 82.6 Å². The van der Waals surface area contributed by atoms with Gasteiger partial charge in [-0.1, -0.05) is 66.4 Å². The number of hydrogen-bond acceptors (Lipinski definition) is 4. The molecule has 2 unspecified atom stereocenters. The third-order valence-corrected chi connectivity index (χ3v) is 9.82. The van der Waals surface area contributed by atoms with Crippen molar-refractivity contribution in [3.63, 3.8) is 0 Å². The van der Waals surface area contributed by atoms with E-state index in [9.17, 15) is 27.9 Å². The van der Waals surface area contributed by atoms with Gasteiger partial charge < -0.3 is 10.4 Å². The Labute approximate surface area is 267 Å². The minimum atomic E-state index is -4.83. The summed E-state index contributed by atoms with van der Waals surface area (Å²) in [5, 5.41) is 13.0. The largest absolute Gasteiger partial charge is 0.481 e. The summed E-state index contributed by atoms with van der Waals surface area (Å²) < 4.78 is 73.7. The van der Waals surface area contributed by atoms with Crippen molar-refractivity contribution in [3.8, 4) is 11.1 Å². The Morgan fingerprint density at radius 3 is 2.28 bits per heavy atom. The van der Waals surface area contributed by atoms with Crippen LogP contribution >= 0.6 is 11.8 Å². The van der Waals surface area contributed by atoms with Gasteiger partial charge in [-0.15, -0.1) is 0 Å². The van der Waals surface area contributed by atoms with Crippen LogP contribution in [0.2, 0.25) is 0 Å². The minimum Gasteiger partial charge on any atom is -0.481 e. The molecule has 1 aliphatic rings. The van der Waals surface area contributed by atoms with Crippen molar-refractivity contribution in [2.45, 2.75) is 68.1 Å². The van der Waals surface area contributed by atoms with Crippen LogP contribution in [0.25, 0.3) is 11.1 Å². The maximum atomic E-state index is 15.4. The van der Waals surface area contributed by atoms with Gasteiger partial charge in [-0.25, -0.2) is 8.78 Å². The molecule has 11 heteroatoms. The fraction of sp³-hybridized carbons (Fsp3) is 0.314. The zero-order valence-corrected chi connectivity index (χ0v) is 26.2. The molecule has 3 aromatic carbocycles. The zero-order valence-electron chi connectivity index (χ0n) is 25.4. The second-order valence-electron chi connectivity index (χ2n) is 11.9. The number of nitrogens with zero attached hydrogens (tertiary/aromatic N) is 1. The van der Waals surface area contributed by atoms with E-state index in [0.29, 0.717) is 23.6 Å². The number of pyridine rings is 1. The molecule has 1 aliphatic heterocycles. The number of aromatic nitrogens is 1. The summed E-state index contributed by atoms with van der Waals surface area (Å²) in [6.45, 7) is 5.69. The van der Waals surface area contributed by atoms with Gasteiger partial charge in [0, 0.05) is 28.7 Å². The van der Waals surface area contributed by atoms with Crippen molar-refractivity contribution in [2.75, 3.05) is 6.54 Å². The molecule has 1 aromatic heterocycles. The first kappa shape index (κ1) is 33.4. The maximum Gasteiger partial charge on any atom is 0.416 e. The van der Waals surface area contributed by atoms with Gasteiger partial charge in [0.25, 0.3) is 5.56 Å². The molecular formula is C35H33F5N2O3S. The molecule has 46 heavy (non-hydrogen) atoms. The topological polar surface area (TPSA) is 71.3 Å². The number of carbonyl (C=O) groups is 1. The quantitative estimate of drug-likeness (QED) is 0.133. The van der Waals surface area contributed by atoms with Crippen molar-refractivity contribution in [3.05, 3.63) is 123 Å². The van der Waals surface area contributed by atoms with Gasteiger partial charge in [0.05, 0.1) is 28.2 Å². The van der Waals surface area contributed by atoms with E-state index in [1.807, 2.05) is 44.2 Å². The summed E-state index contributed by atoms with van der Waals surface area (Å²) in [5.74, 6) is -2.66. The molecule has 0 bridgehead atoms. The lowest BCUT2D eigenvalue weighted by molar-refractivity contribution is -0.138. The highest BCUT2D eigenvalue weighted by Gasteiger charge is 2.48. The molecule has 0 aliphatic carbocycles. The summed E-state index contributed by atoms with van der Waals surface area (Å²) >= 11 is 1.30. The van der Waals surface area contributed by atoms with E-state index >= 15 is 8.78 Å². The second-order valence-corrected chi connectivity index (χ2v) is 13.5. The number of nitrogens with one attached hydrogen (secondary N) is 1. The van der Waals surface area contributed by atoms with E-state index in [0.717, 1.165) is 23.8 Å². The predicted molar refractivity (Wildman–Crippen MR) is 168 cm³/mol. The van der Waals surface area contributed by atoms with Gasteiger partial charge in [-0.2, -0.15) is 13.2 Å². The lowest BCUT2D eigenvalue weighted by atomic mass is 9.88.